The summed E-state index contributed by atoms with van der Waals surface area (Å²) in [5.74, 6) is -1.45. The molecule has 8 nitrogen and oxygen atoms in total. The standard InChI is InChI=1S/C15H13N3O5S/c19-13(14(20)17-12-5-7-23-18-12)16-9-15(21,10-3-1-6-22-10)11-4-2-8-24-11/h1-8,21H,9H2,(H,16,19)(H,17,18,20)/t15-/m1/s1. The second-order valence-corrected chi connectivity index (χ2v) is 5.78. The van der Waals surface area contributed by atoms with Crippen LogP contribution in [0, 0.1) is 0 Å². The van der Waals surface area contributed by atoms with Gasteiger partial charge in [0.05, 0.1) is 12.8 Å². The highest BCUT2D eigenvalue weighted by atomic mass is 32.1. The van der Waals surface area contributed by atoms with E-state index in [1.54, 1.807) is 29.6 Å². The highest BCUT2D eigenvalue weighted by Gasteiger charge is 2.36. The monoisotopic (exact) mass is 347 g/mol. The first-order valence-corrected chi connectivity index (χ1v) is 7.77. The lowest BCUT2D eigenvalue weighted by Gasteiger charge is -2.25. The van der Waals surface area contributed by atoms with Crippen LogP contribution in [0.25, 0.3) is 0 Å². The number of hydrogen-bond donors (Lipinski definition) is 3. The molecular formula is C15H13N3O5S. The van der Waals surface area contributed by atoms with Gasteiger partial charge in [-0.05, 0) is 23.6 Å². The van der Waals surface area contributed by atoms with Crippen LogP contribution in [0.1, 0.15) is 10.6 Å². The molecule has 0 unspecified atom stereocenters. The second kappa shape index (κ2) is 6.69. The maximum atomic E-state index is 11.9. The van der Waals surface area contributed by atoms with Crippen LogP contribution < -0.4 is 10.6 Å². The van der Waals surface area contributed by atoms with E-state index in [1.807, 2.05) is 0 Å². The highest BCUT2D eigenvalue weighted by molar-refractivity contribution is 7.10. The first-order chi connectivity index (χ1) is 11.6. The van der Waals surface area contributed by atoms with Crippen molar-refractivity contribution in [3.63, 3.8) is 0 Å². The Balaban J connectivity index is 1.70. The van der Waals surface area contributed by atoms with Crippen molar-refractivity contribution in [3.05, 3.63) is 58.9 Å². The minimum Gasteiger partial charge on any atom is -0.466 e. The number of hydrogen-bond acceptors (Lipinski definition) is 7. The first-order valence-electron chi connectivity index (χ1n) is 6.89. The van der Waals surface area contributed by atoms with E-state index in [9.17, 15) is 14.7 Å². The molecule has 0 aliphatic heterocycles. The van der Waals surface area contributed by atoms with Crippen LogP contribution in [0.15, 0.2) is 57.2 Å². The summed E-state index contributed by atoms with van der Waals surface area (Å²) in [5, 5.41) is 20.9. The van der Waals surface area contributed by atoms with Crippen molar-refractivity contribution < 1.29 is 23.6 Å². The Morgan fingerprint density at radius 1 is 1.21 bits per heavy atom. The third kappa shape index (κ3) is 3.21. The van der Waals surface area contributed by atoms with Crippen molar-refractivity contribution in [1.82, 2.24) is 10.5 Å². The van der Waals surface area contributed by atoms with Gasteiger partial charge >= 0.3 is 11.8 Å². The van der Waals surface area contributed by atoms with Gasteiger partial charge in [0.25, 0.3) is 0 Å². The van der Waals surface area contributed by atoms with Crippen LogP contribution in [-0.2, 0) is 15.2 Å². The smallest absolute Gasteiger partial charge is 0.314 e. The molecule has 3 rings (SSSR count). The van der Waals surface area contributed by atoms with Crippen LogP contribution >= 0.6 is 11.3 Å². The Labute approximate surface area is 140 Å². The zero-order valence-electron chi connectivity index (χ0n) is 12.3. The Morgan fingerprint density at radius 3 is 2.71 bits per heavy atom. The van der Waals surface area contributed by atoms with E-state index in [4.69, 9.17) is 4.42 Å². The largest absolute Gasteiger partial charge is 0.466 e. The molecule has 0 fully saturated rings. The molecule has 3 N–H and O–H groups in total. The summed E-state index contributed by atoms with van der Waals surface area (Å²) >= 11 is 1.31. The van der Waals surface area contributed by atoms with Crippen molar-refractivity contribution in [2.75, 3.05) is 11.9 Å². The van der Waals surface area contributed by atoms with Gasteiger partial charge in [-0.1, -0.05) is 11.2 Å². The van der Waals surface area contributed by atoms with Crippen molar-refractivity contribution in [2.45, 2.75) is 5.60 Å². The van der Waals surface area contributed by atoms with E-state index in [0.29, 0.717) is 4.88 Å². The molecule has 0 radical (unpaired) electrons. The number of aliphatic hydroxyl groups is 1. The zero-order chi connectivity index (χ0) is 17.0. The Hall–Kier alpha value is -2.91. The normalized spacial score (nSPS) is 13.2. The molecule has 0 aromatic carbocycles. The van der Waals surface area contributed by atoms with Gasteiger partial charge in [-0.15, -0.1) is 11.3 Å². The van der Waals surface area contributed by atoms with Crippen molar-refractivity contribution in [2.24, 2.45) is 0 Å². The molecule has 0 bridgehead atoms. The molecule has 3 aromatic rings. The summed E-state index contributed by atoms with van der Waals surface area (Å²) in [7, 11) is 0. The quantitative estimate of drug-likeness (QED) is 0.599. The third-order valence-corrected chi connectivity index (χ3v) is 4.27. The number of thiophene rings is 1. The lowest BCUT2D eigenvalue weighted by Crippen LogP contribution is -2.44. The van der Waals surface area contributed by atoms with Gasteiger partial charge in [0.2, 0.25) is 0 Å². The predicted molar refractivity (Wildman–Crippen MR) is 84.2 cm³/mol. The van der Waals surface area contributed by atoms with E-state index >= 15 is 0 Å². The summed E-state index contributed by atoms with van der Waals surface area (Å²) in [6.45, 7) is -0.230. The molecule has 0 aliphatic rings. The summed E-state index contributed by atoms with van der Waals surface area (Å²) < 4.78 is 9.84. The first kappa shape index (κ1) is 16.0. The van der Waals surface area contributed by atoms with Gasteiger partial charge in [0.15, 0.2) is 11.4 Å². The zero-order valence-corrected chi connectivity index (χ0v) is 13.1. The summed E-state index contributed by atoms with van der Waals surface area (Å²) in [6, 6.07) is 8.12. The number of anilines is 1. The Bertz CT molecular complexity index is 762. The molecular weight excluding hydrogens is 334 g/mol. The summed E-state index contributed by atoms with van der Waals surface area (Å²) in [6.07, 6.45) is 2.69. The molecule has 3 heterocycles. The third-order valence-electron chi connectivity index (χ3n) is 3.25. The van der Waals surface area contributed by atoms with Crippen LogP contribution in [0.4, 0.5) is 5.82 Å². The van der Waals surface area contributed by atoms with E-state index in [0.717, 1.165) is 0 Å². The number of rotatable bonds is 5. The molecule has 24 heavy (non-hydrogen) atoms. The second-order valence-electron chi connectivity index (χ2n) is 4.84. The predicted octanol–water partition coefficient (Wildman–Crippen LogP) is 1.32. The van der Waals surface area contributed by atoms with Gasteiger partial charge in [-0.25, -0.2) is 0 Å². The van der Waals surface area contributed by atoms with Crippen molar-refractivity contribution in [3.8, 4) is 0 Å². The molecule has 1 atom stereocenters. The van der Waals surface area contributed by atoms with Crippen LogP contribution in [0.3, 0.4) is 0 Å². The molecule has 2 amide bonds. The Kier molecular flexibility index (Phi) is 4.45. The minimum atomic E-state index is -1.57. The van der Waals surface area contributed by atoms with Crippen molar-refractivity contribution >= 4 is 29.0 Å². The molecule has 0 spiro atoms. The van der Waals surface area contributed by atoms with Crippen LogP contribution in [0.5, 0.6) is 0 Å². The number of aromatic nitrogens is 1. The molecule has 0 saturated carbocycles. The van der Waals surface area contributed by atoms with Crippen LogP contribution in [0.2, 0.25) is 0 Å². The number of nitrogens with one attached hydrogen (secondary N) is 2. The Morgan fingerprint density at radius 2 is 2.08 bits per heavy atom. The SMILES string of the molecule is O=C(NC[C@@](O)(c1ccco1)c1cccs1)C(=O)Nc1ccon1. The van der Waals surface area contributed by atoms with E-state index in [-0.39, 0.29) is 18.1 Å². The number of nitrogens with zero attached hydrogens (tertiary/aromatic N) is 1. The molecule has 0 aliphatic carbocycles. The maximum Gasteiger partial charge on any atom is 0.314 e. The number of amides is 2. The minimum absolute atomic E-state index is 0.120. The lowest BCUT2D eigenvalue weighted by molar-refractivity contribution is -0.136. The van der Waals surface area contributed by atoms with E-state index < -0.39 is 17.4 Å². The van der Waals surface area contributed by atoms with E-state index in [1.165, 1.54) is 29.9 Å². The summed E-state index contributed by atoms with van der Waals surface area (Å²) in [5.41, 5.74) is -1.57. The number of furan rings is 1. The maximum absolute atomic E-state index is 11.9. The van der Waals surface area contributed by atoms with Gasteiger partial charge in [-0.3, -0.25) is 14.9 Å². The number of carbonyl (C=O) groups excluding carboxylic acids is 2. The molecule has 0 saturated heterocycles. The van der Waals surface area contributed by atoms with Crippen molar-refractivity contribution in [1.29, 1.82) is 0 Å². The average molecular weight is 347 g/mol. The van der Waals surface area contributed by atoms with E-state index in [2.05, 4.69) is 20.3 Å². The van der Waals surface area contributed by atoms with Gasteiger partial charge < -0.3 is 19.4 Å². The fraction of sp³-hybridized carbons (Fsp3) is 0.133. The molecule has 3 aromatic heterocycles. The summed E-state index contributed by atoms with van der Waals surface area (Å²) in [4.78, 5) is 24.3. The highest BCUT2D eigenvalue weighted by Crippen LogP contribution is 2.32. The van der Waals surface area contributed by atoms with Gasteiger partial charge in [0.1, 0.15) is 12.0 Å². The molecule has 124 valence electrons. The van der Waals surface area contributed by atoms with Gasteiger partial charge in [0, 0.05) is 10.9 Å². The number of carbonyl (C=O) groups is 2. The molecule has 9 heteroatoms. The fourth-order valence-corrected chi connectivity index (χ4v) is 2.89. The fourth-order valence-electron chi connectivity index (χ4n) is 2.06. The van der Waals surface area contributed by atoms with Crippen LogP contribution in [-0.4, -0.2) is 28.6 Å². The topological polar surface area (TPSA) is 118 Å². The van der Waals surface area contributed by atoms with Gasteiger partial charge in [-0.2, -0.15) is 0 Å². The average Bonchev–Trinajstić information content (AvgIpc) is 3.35. The lowest BCUT2D eigenvalue weighted by atomic mass is 9.98.